The second-order valence-electron chi connectivity index (χ2n) is 4.48. The van der Waals surface area contributed by atoms with Crippen molar-refractivity contribution in [3.05, 3.63) is 0 Å². The van der Waals surface area contributed by atoms with Crippen molar-refractivity contribution < 1.29 is 23.8 Å². The number of carboxylic acid groups (broad SMARTS) is 1. The molecule has 0 heterocycles. The van der Waals surface area contributed by atoms with Crippen LogP contribution in [0.1, 0.15) is 33.1 Å². The normalized spacial score (nSPS) is 31.8. The van der Waals surface area contributed by atoms with E-state index in [1.54, 1.807) is 0 Å². The van der Waals surface area contributed by atoms with Crippen LogP contribution in [0.4, 0.5) is 8.78 Å². The van der Waals surface area contributed by atoms with E-state index in [0.717, 1.165) is 0 Å². The van der Waals surface area contributed by atoms with Crippen LogP contribution in [0.15, 0.2) is 0 Å². The summed E-state index contributed by atoms with van der Waals surface area (Å²) in [6.45, 7) is 2.94. The highest BCUT2D eigenvalue weighted by Crippen LogP contribution is 2.53. The Kier molecular flexibility index (Phi) is 2.34. The van der Waals surface area contributed by atoms with Gasteiger partial charge in [-0.15, -0.1) is 0 Å². The molecule has 1 fully saturated rings. The summed E-state index contributed by atoms with van der Waals surface area (Å²) in [6, 6.07) is 0. The fraction of sp³-hybridized carbons (Fsp3) is 0.889. The maximum Gasteiger partial charge on any atom is 0.377 e. The van der Waals surface area contributed by atoms with E-state index in [-0.39, 0.29) is 6.42 Å². The van der Waals surface area contributed by atoms with Gasteiger partial charge < -0.3 is 10.2 Å². The van der Waals surface area contributed by atoms with E-state index in [1.165, 1.54) is 13.8 Å². The van der Waals surface area contributed by atoms with Crippen molar-refractivity contribution in [2.75, 3.05) is 0 Å². The molecule has 1 saturated carbocycles. The van der Waals surface area contributed by atoms with Gasteiger partial charge in [-0.1, -0.05) is 13.8 Å². The summed E-state index contributed by atoms with van der Waals surface area (Å²) in [5.41, 5.74) is -3.49. The van der Waals surface area contributed by atoms with Gasteiger partial charge in [-0.3, -0.25) is 0 Å². The van der Waals surface area contributed by atoms with Gasteiger partial charge in [-0.05, 0) is 19.3 Å². The van der Waals surface area contributed by atoms with Gasteiger partial charge in [0.05, 0.1) is 0 Å². The van der Waals surface area contributed by atoms with Gasteiger partial charge in [0.2, 0.25) is 0 Å². The lowest BCUT2D eigenvalue weighted by molar-refractivity contribution is -0.230. The van der Waals surface area contributed by atoms with Crippen molar-refractivity contribution in [2.45, 2.75) is 44.6 Å². The standard InChI is InChI=1S/C9H14F2O3/c1-7(2)4-3-5-8(7,14)9(10,11)6(12)13/h14H,3-5H2,1-2H3,(H,12,13). The Hall–Kier alpha value is -0.710. The van der Waals surface area contributed by atoms with Crippen molar-refractivity contribution in [1.82, 2.24) is 0 Å². The fourth-order valence-corrected chi connectivity index (χ4v) is 2.09. The molecule has 2 N–H and O–H groups in total. The monoisotopic (exact) mass is 208 g/mol. The quantitative estimate of drug-likeness (QED) is 0.725. The fourth-order valence-electron chi connectivity index (χ4n) is 2.09. The van der Waals surface area contributed by atoms with Crippen LogP contribution in [0.2, 0.25) is 0 Å². The number of aliphatic carboxylic acids is 1. The molecule has 0 aliphatic heterocycles. The molecule has 0 bridgehead atoms. The second kappa shape index (κ2) is 2.89. The molecular weight excluding hydrogens is 194 g/mol. The number of rotatable bonds is 2. The maximum atomic E-state index is 13.3. The van der Waals surface area contributed by atoms with Crippen molar-refractivity contribution in [1.29, 1.82) is 0 Å². The zero-order chi connectivity index (χ0) is 11.2. The highest BCUT2D eigenvalue weighted by atomic mass is 19.3. The zero-order valence-corrected chi connectivity index (χ0v) is 8.18. The Morgan fingerprint density at radius 3 is 2.14 bits per heavy atom. The van der Waals surface area contributed by atoms with Crippen LogP contribution in [-0.4, -0.2) is 27.7 Å². The molecule has 1 aliphatic carbocycles. The van der Waals surface area contributed by atoms with Crippen LogP contribution in [0.3, 0.4) is 0 Å². The number of carbonyl (C=O) groups is 1. The van der Waals surface area contributed by atoms with E-state index >= 15 is 0 Å². The van der Waals surface area contributed by atoms with E-state index in [9.17, 15) is 18.7 Å². The van der Waals surface area contributed by atoms with Crippen LogP contribution >= 0.6 is 0 Å². The van der Waals surface area contributed by atoms with Crippen molar-refractivity contribution >= 4 is 5.97 Å². The molecule has 0 aromatic rings. The molecular formula is C9H14F2O3. The predicted octanol–water partition coefficient (Wildman–Crippen LogP) is 1.65. The Morgan fingerprint density at radius 1 is 1.36 bits per heavy atom. The smallest absolute Gasteiger partial charge is 0.377 e. The minimum Gasteiger partial charge on any atom is -0.477 e. The average molecular weight is 208 g/mol. The van der Waals surface area contributed by atoms with Crippen LogP contribution in [0, 0.1) is 5.41 Å². The third kappa shape index (κ3) is 1.22. The lowest BCUT2D eigenvalue weighted by Crippen LogP contribution is -2.58. The first kappa shape index (κ1) is 11.4. The van der Waals surface area contributed by atoms with Crippen LogP contribution in [-0.2, 0) is 4.79 Å². The van der Waals surface area contributed by atoms with Crippen LogP contribution < -0.4 is 0 Å². The predicted molar refractivity (Wildman–Crippen MR) is 45.2 cm³/mol. The first-order chi connectivity index (χ1) is 6.15. The lowest BCUT2D eigenvalue weighted by Gasteiger charge is -2.40. The molecule has 1 atom stereocenters. The summed E-state index contributed by atoms with van der Waals surface area (Å²) in [5.74, 6) is -6.33. The topological polar surface area (TPSA) is 57.5 Å². The number of aliphatic hydroxyl groups is 1. The van der Waals surface area contributed by atoms with Gasteiger partial charge >= 0.3 is 11.9 Å². The zero-order valence-electron chi connectivity index (χ0n) is 8.18. The van der Waals surface area contributed by atoms with E-state index in [0.29, 0.717) is 12.8 Å². The lowest BCUT2D eigenvalue weighted by atomic mass is 9.74. The summed E-state index contributed by atoms with van der Waals surface area (Å²) in [4.78, 5) is 10.4. The number of carboxylic acids is 1. The minimum atomic E-state index is -4.08. The summed E-state index contributed by atoms with van der Waals surface area (Å²) in [5, 5.41) is 18.2. The maximum absolute atomic E-state index is 13.3. The van der Waals surface area contributed by atoms with Gasteiger partial charge in [0.25, 0.3) is 0 Å². The van der Waals surface area contributed by atoms with Crippen molar-refractivity contribution in [3.63, 3.8) is 0 Å². The van der Waals surface area contributed by atoms with Crippen LogP contribution in [0.5, 0.6) is 0 Å². The summed E-state index contributed by atoms with van der Waals surface area (Å²) < 4.78 is 26.6. The summed E-state index contributed by atoms with van der Waals surface area (Å²) in [6.07, 6.45) is 0.665. The largest absolute Gasteiger partial charge is 0.477 e. The molecule has 0 amide bonds. The highest BCUT2D eigenvalue weighted by molar-refractivity contribution is 5.77. The highest BCUT2D eigenvalue weighted by Gasteiger charge is 2.67. The molecule has 1 rings (SSSR count). The van der Waals surface area contributed by atoms with Gasteiger partial charge in [0.1, 0.15) is 5.60 Å². The molecule has 0 aromatic carbocycles. The number of hydrogen-bond donors (Lipinski definition) is 2. The Bertz CT molecular complexity index is 263. The average Bonchev–Trinajstić information content (AvgIpc) is 2.27. The molecule has 0 spiro atoms. The Balaban J connectivity index is 3.12. The SMILES string of the molecule is CC1(C)CCCC1(O)C(F)(F)C(=O)O. The first-order valence-electron chi connectivity index (χ1n) is 4.49. The van der Waals surface area contributed by atoms with E-state index in [1.807, 2.05) is 0 Å². The van der Waals surface area contributed by atoms with E-state index in [2.05, 4.69) is 0 Å². The third-order valence-electron chi connectivity index (χ3n) is 3.25. The number of alkyl halides is 2. The van der Waals surface area contributed by atoms with E-state index < -0.39 is 22.9 Å². The third-order valence-corrected chi connectivity index (χ3v) is 3.25. The van der Waals surface area contributed by atoms with Crippen molar-refractivity contribution in [3.8, 4) is 0 Å². The molecule has 1 unspecified atom stereocenters. The molecule has 0 radical (unpaired) electrons. The molecule has 5 heteroatoms. The van der Waals surface area contributed by atoms with Gasteiger partial charge in [0, 0.05) is 5.41 Å². The Morgan fingerprint density at radius 2 is 1.86 bits per heavy atom. The number of hydrogen-bond acceptors (Lipinski definition) is 2. The van der Waals surface area contributed by atoms with Crippen LogP contribution in [0.25, 0.3) is 0 Å². The van der Waals surface area contributed by atoms with Gasteiger partial charge in [-0.2, -0.15) is 8.78 Å². The van der Waals surface area contributed by atoms with Gasteiger partial charge in [-0.25, -0.2) is 4.79 Å². The minimum absolute atomic E-state index is 0.167. The molecule has 1 aliphatic rings. The van der Waals surface area contributed by atoms with E-state index in [4.69, 9.17) is 5.11 Å². The second-order valence-corrected chi connectivity index (χ2v) is 4.48. The summed E-state index contributed by atoms with van der Waals surface area (Å²) in [7, 11) is 0. The molecule has 14 heavy (non-hydrogen) atoms. The summed E-state index contributed by atoms with van der Waals surface area (Å²) >= 11 is 0. The number of halogens is 2. The van der Waals surface area contributed by atoms with Crippen molar-refractivity contribution in [2.24, 2.45) is 5.41 Å². The molecule has 3 nitrogen and oxygen atoms in total. The first-order valence-corrected chi connectivity index (χ1v) is 4.49. The molecule has 0 saturated heterocycles. The van der Waals surface area contributed by atoms with Gasteiger partial charge in [0.15, 0.2) is 0 Å². The Labute approximate surface area is 80.7 Å². The molecule has 0 aromatic heterocycles. The molecule has 82 valence electrons.